The van der Waals surface area contributed by atoms with Crippen LogP contribution in [0.3, 0.4) is 0 Å². The smallest absolute Gasteiger partial charge is 0.272 e. The number of benzene rings is 4. The number of halogens is 1. The summed E-state index contributed by atoms with van der Waals surface area (Å²) < 4.78 is 0.900. The molecule has 0 aliphatic rings. The molecule has 5 nitrogen and oxygen atoms in total. The van der Waals surface area contributed by atoms with Gasteiger partial charge in [-0.15, -0.1) is 0 Å². The molecule has 0 spiro atoms. The molecule has 0 fully saturated rings. The lowest BCUT2D eigenvalue weighted by Crippen LogP contribution is -2.30. The number of allylic oxidation sites excluding steroid dienone is 1. The van der Waals surface area contributed by atoms with Gasteiger partial charge in [-0.05, 0) is 71.8 Å². The standard InChI is InChI=1S/C31H23BrN2O3/c32-26-16-11-23(12-17-26)21-28(34-30(36)25-9-5-2-6-10-25)31(37)33-27-18-14-24(15-19-27)29(35)20-13-22-7-3-1-4-8-22/h1-21H,(H,33,37)(H,34,36)/b20-13+,28-21-. The average molecular weight is 551 g/mol. The van der Waals surface area contributed by atoms with E-state index in [0.29, 0.717) is 16.8 Å². The fourth-order valence-electron chi connectivity index (χ4n) is 3.42. The van der Waals surface area contributed by atoms with Crippen molar-refractivity contribution in [3.05, 3.63) is 148 Å². The van der Waals surface area contributed by atoms with Crippen LogP contribution in [0.25, 0.3) is 12.2 Å². The minimum Gasteiger partial charge on any atom is -0.321 e. The Labute approximate surface area is 223 Å². The van der Waals surface area contributed by atoms with Crippen LogP contribution in [0.1, 0.15) is 31.8 Å². The molecule has 4 rings (SSSR count). The molecule has 0 bridgehead atoms. The van der Waals surface area contributed by atoms with Crippen LogP contribution in [0.5, 0.6) is 0 Å². The van der Waals surface area contributed by atoms with Gasteiger partial charge in [-0.3, -0.25) is 14.4 Å². The SMILES string of the molecule is O=C(Nc1ccc(C(=O)/C=C/c2ccccc2)cc1)/C(=C/c1ccc(Br)cc1)NC(=O)c1ccccc1. The van der Waals surface area contributed by atoms with E-state index in [1.54, 1.807) is 60.7 Å². The zero-order valence-electron chi connectivity index (χ0n) is 19.7. The van der Waals surface area contributed by atoms with E-state index in [4.69, 9.17) is 0 Å². The first-order valence-electron chi connectivity index (χ1n) is 11.5. The van der Waals surface area contributed by atoms with Crippen molar-refractivity contribution in [2.24, 2.45) is 0 Å². The second-order valence-corrected chi connectivity index (χ2v) is 8.99. The third kappa shape index (κ3) is 7.46. The number of rotatable bonds is 8. The molecular formula is C31H23BrN2O3. The van der Waals surface area contributed by atoms with E-state index >= 15 is 0 Å². The van der Waals surface area contributed by atoms with Crippen molar-refractivity contribution in [2.45, 2.75) is 0 Å². The third-order valence-electron chi connectivity index (χ3n) is 5.36. The minimum absolute atomic E-state index is 0.0853. The number of amides is 2. The first kappa shape index (κ1) is 25.5. The van der Waals surface area contributed by atoms with E-state index < -0.39 is 11.8 Å². The Bertz CT molecular complexity index is 1440. The van der Waals surface area contributed by atoms with Gasteiger partial charge in [0.05, 0.1) is 0 Å². The molecule has 0 unspecified atom stereocenters. The Kier molecular flexibility index (Phi) is 8.57. The quantitative estimate of drug-likeness (QED) is 0.188. The van der Waals surface area contributed by atoms with Gasteiger partial charge in [-0.1, -0.05) is 82.7 Å². The van der Waals surface area contributed by atoms with Gasteiger partial charge in [0, 0.05) is 21.3 Å². The van der Waals surface area contributed by atoms with E-state index in [9.17, 15) is 14.4 Å². The number of hydrogen-bond acceptors (Lipinski definition) is 3. The highest BCUT2D eigenvalue weighted by atomic mass is 79.9. The van der Waals surface area contributed by atoms with Gasteiger partial charge in [-0.25, -0.2) is 0 Å². The van der Waals surface area contributed by atoms with E-state index in [1.807, 2.05) is 60.7 Å². The predicted octanol–water partition coefficient (Wildman–Crippen LogP) is 6.75. The summed E-state index contributed by atoms with van der Waals surface area (Å²) in [7, 11) is 0. The molecule has 2 amide bonds. The lowest BCUT2D eigenvalue weighted by molar-refractivity contribution is -0.113. The second-order valence-electron chi connectivity index (χ2n) is 8.07. The van der Waals surface area contributed by atoms with Gasteiger partial charge in [-0.2, -0.15) is 0 Å². The zero-order chi connectivity index (χ0) is 26.0. The summed E-state index contributed by atoms with van der Waals surface area (Å²) >= 11 is 3.40. The van der Waals surface area contributed by atoms with Crippen LogP contribution in [0, 0.1) is 0 Å². The molecule has 0 heterocycles. The maximum atomic E-state index is 13.1. The number of hydrogen-bond donors (Lipinski definition) is 2. The number of carbonyl (C=O) groups excluding carboxylic acids is 3. The summed E-state index contributed by atoms with van der Waals surface area (Å²) in [6, 6.07) is 32.2. The molecule has 0 saturated carbocycles. The normalized spacial score (nSPS) is 11.2. The highest BCUT2D eigenvalue weighted by molar-refractivity contribution is 9.10. The van der Waals surface area contributed by atoms with E-state index in [-0.39, 0.29) is 11.5 Å². The first-order valence-corrected chi connectivity index (χ1v) is 12.3. The Morgan fingerprint density at radius 2 is 1.27 bits per heavy atom. The fraction of sp³-hybridized carbons (Fsp3) is 0. The van der Waals surface area contributed by atoms with Crippen molar-refractivity contribution in [1.82, 2.24) is 5.32 Å². The maximum Gasteiger partial charge on any atom is 0.272 e. The Balaban J connectivity index is 1.49. The maximum absolute atomic E-state index is 13.1. The van der Waals surface area contributed by atoms with Gasteiger partial charge in [0.1, 0.15) is 5.70 Å². The van der Waals surface area contributed by atoms with Crippen LogP contribution in [0.4, 0.5) is 5.69 Å². The lowest BCUT2D eigenvalue weighted by Gasteiger charge is -2.12. The van der Waals surface area contributed by atoms with Crippen molar-refractivity contribution in [1.29, 1.82) is 0 Å². The summed E-state index contributed by atoms with van der Waals surface area (Å²) in [6.45, 7) is 0. The molecular weight excluding hydrogens is 528 g/mol. The molecule has 0 aliphatic carbocycles. The van der Waals surface area contributed by atoms with E-state index in [2.05, 4.69) is 26.6 Å². The van der Waals surface area contributed by atoms with Crippen LogP contribution in [-0.2, 0) is 4.79 Å². The number of ketones is 1. The first-order chi connectivity index (χ1) is 18.0. The van der Waals surface area contributed by atoms with Crippen LogP contribution in [0.2, 0.25) is 0 Å². The second kappa shape index (κ2) is 12.4. The summed E-state index contributed by atoms with van der Waals surface area (Å²) in [5.74, 6) is -1.03. The molecule has 4 aromatic rings. The number of nitrogens with one attached hydrogen (secondary N) is 2. The molecule has 2 N–H and O–H groups in total. The molecule has 4 aromatic carbocycles. The molecule has 182 valence electrons. The van der Waals surface area contributed by atoms with Crippen molar-refractivity contribution in [3.8, 4) is 0 Å². The predicted molar refractivity (Wildman–Crippen MR) is 151 cm³/mol. The molecule has 6 heteroatoms. The zero-order valence-corrected chi connectivity index (χ0v) is 21.3. The summed E-state index contributed by atoms with van der Waals surface area (Å²) in [5.41, 5.74) is 3.18. The minimum atomic E-state index is -0.491. The van der Waals surface area contributed by atoms with Crippen LogP contribution >= 0.6 is 15.9 Å². The average Bonchev–Trinajstić information content (AvgIpc) is 2.94. The molecule has 37 heavy (non-hydrogen) atoms. The van der Waals surface area contributed by atoms with Gasteiger partial charge >= 0.3 is 0 Å². The Morgan fingerprint density at radius 1 is 0.649 bits per heavy atom. The topological polar surface area (TPSA) is 75.3 Å². The highest BCUT2D eigenvalue weighted by Gasteiger charge is 2.15. The van der Waals surface area contributed by atoms with Crippen LogP contribution in [0.15, 0.2) is 125 Å². The van der Waals surface area contributed by atoms with Gasteiger partial charge in [0.25, 0.3) is 11.8 Å². The van der Waals surface area contributed by atoms with Crippen molar-refractivity contribution in [2.75, 3.05) is 5.32 Å². The monoisotopic (exact) mass is 550 g/mol. The van der Waals surface area contributed by atoms with E-state index in [0.717, 1.165) is 15.6 Å². The Hall–Kier alpha value is -4.55. The Morgan fingerprint density at radius 3 is 1.92 bits per heavy atom. The molecule has 0 radical (unpaired) electrons. The third-order valence-corrected chi connectivity index (χ3v) is 5.89. The molecule has 0 aromatic heterocycles. The van der Waals surface area contributed by atoms with Crippen molar-refractivity contribution < 1.29 is 14.4 Å². The number of anilines is 1. The van der Waals surface area contributed by atoms with Gasteiger partial charge in [0.15, 0.2) is 5.78 Å². The van der Waals surface area contributed by atoms with Crippen molar-refractivity contribution in [3.63, 3.8) is 0 Å². The summed E-state index contributed by atoms with van der Waals surface area (Å²) in [5, 5.41) is 5.51. The van der Waals surface area contributed by atoms with Crippen LogP contribution < -0.4 is 10.6 Å². The highest BCUT2D eigenvalue weighted by Crippen LogP contribution is 2.16. The van der Waals surface area contributed by atoms with Gasteiger partial charge < -0.3 is 10.6 Å². The lowest BCUT2D eigenvalue weighted by atomic mass is 10.1. The number of carbonyl (C=O) groups is 3. The fourth-order valence-corrected chi connectivity index (χ4v) is 3.68. The summed E-state index contributed by atoms with van der Waals surface area (Å²) in [6.07, 6.45) is 4.88. The summed E-state index contributed by atoms with van der Waals surface area (Å²) in [4.78, 5) is 38.4. The van der Waals surface area contributed by atoms with Crippen LogP contribution in [-0.4, -0.2) is 17.6 Å². The van der Waals surface area contributed by atoms with E-state index in [1.165, 1.54) is 6.08 Å². The van der Waals surface area contributed by atoms with Gasteiger partial charge in [0.2, 0.25) is 0 Å². The van der Waals surface area contributed by atoms with Crippen molar-refractivity contribution >= 4 is 51.4 Å². The molecule has 0 saturated heterocycles. The largest absolute Gasteiger partial charge is 0.321 e. The molecule has 0 aliphatic heterocycles. The molecule has 0 atom stereocenters.